The molecule has 1 amide bonds. The molecule has 0 unspecified atom stereocenters. The van der Waals surface area contributed by atoms with Gasteiger partial charge in [0.2, 0.25) is 5.91 Å². The van der Waals surface area contributed by atoms with E-state index in [2.05, 4.69) is 0 Å². The topological polar surface area (TPSA) is 51.5 Å². The van der Waals surface area contributed by atoms with Crippen molar-refractivity contribution in [3.63, 3.8) is 0 Å². The first-order valence-electron chi connectivity index (χ1n) is 6.73. The molecule has 0 atom stereocenters. The highest BCUT2D eigenvalue weighted by Gasteiger charge is 2.12. The number of nitrogens with zero attached hydrogens (tertiary/aromatic N) is 2. The number of halogens is 1. The smallest absolute Gasteiger partial charge is 0.293 e. The van der Waals surface area contributed by atoms with E-state index in [0.717, 1.165) is 5.56 Å². The van der Waals surface area contributed by atoms with E-state index in [1.54, 1.807) is 36.3 Å². The molecule has 0 saturated carbocycles. The second-order valence-electron chi connectivity index (χ2n) is 4.89. The van der Waals surface area contributed by atoms with E-state index < -0.39 is 0 Å². The summed E-state index contributed by atoms with van der Waals surface area (Å²) in [6.07, 6.45) is 1.57. The second kappa shape index (κ2) is 7.13. The molecular weight excluding hydrogens is 304 g/mol. The standard InChI is InChI=1S/C16H17ClN2O3/c1-18(10-12-5-3-6-13(17)9-12)15(20)11-19-8-4-7-14(22-2)16(19)21/h3-9H,10-11H2,1-2H3. The third kappa shape index (κ3) is 3.89. The van der Waals surface area contributed by atoms with Crippen molar-refractivity contribution in [1.29, 1.82) is 0 Å². The summed E-state index contributed by atoms with van der Waals surface area (Å²) < 4.78 is 6.29. The number of rotatable bonds is 5. The lowest BCUT2D eigenvalue weighted by molar-refractivity contribution is -0.131. The molecule has 0 aliphatic rings. The number of methoxy groups -OCH3 is 1. The molecular formula is C16H17ClN2O3. The van der Waals surface area contributed by atoms with E-state index in [4.69, 9.17) is 16.3 Å². The van der Waals surface area contributed by atoms with Gasteiger partial charge in [-0.2, -0.15) is 0 Å². The first-order valence-corrected chi connectivity index (χ1v) is 7.11. The van der Waals surface area contributed by atoms with Gasteiger partial charge in [-0.05, 0) is 29.8 Å². The second-order valence-corrected chi connectivity index (χ2v) is 5.33. The zero-order valence-corrected chi connectivity index (χ0v) is 13.2. The minimum Gasteiger partial charge on any atom is -0.491 e. The molecule has 2 aromatic rings. The van der Waals surface area contributed by atoms with Gasteiger partial charge in [0.25, 0.3) is 5.56 Å². The number of amides is 1. The lowest BCUT2D eigenvalue weighted by Crippen LogP contribution is -2.33. The molecule has 0 aliphatic heterocycles. The van der Waals surface area contributed by atoms with Gasteiger partial charge in [-0.1, -0.05) is 23.7 Å². The first kappa shape index (κ1) is 16.1. The Labute approximate surface area is 133 Å². The summed E-state index contributed by atoms with van der Waals surface area (Å²) >= 11 is 5.93. The van der Waals surface area contributed by atoms with Crippen LogP contribution in [0, 0.1) is 0 Å². The maximum absolute atomic E-state index is 12.2. The van der Waals surface area contributed by atoms with E-state index in [0.29, 0.717) is 11.6 Å². The Kier molecular flexibility index (Phi) is 5.22. The number of hydrogen-bond donors (Lipinski definition) is 0. The molecule has 0 fully saturated rings. The number of benzene rings is 1. The minimum atomic E-state index is -0.325. The fourth-order valence-corrected chi connectivity index (χ4v) is 2.27. The molecule has 0 radical (unpaired) electrons. The van der Waals surface area contributed by atoms with Crippen molar-refractivity contribution < 1.29 is 9.53 Å². The molecule has 1 aromatic carbocycles. The number of hydrogen-bond acceptors (Lipinski definition) is 3. The van der Waals surface area contributed by atoms with Gasteiger partial charge < -0.3 is 14.2 Å². The normalized spacial score (nSPS) is 10.3. The van der Waals surface area contributed by atoms with Gasteiger partial charge >= 0.3 is 0 Å². The van der Waals surface area contributed by atoms with E-state index >= 15 is 0 Å². The summed E-state index contributed by atoms with van der Waals surface area (Å²) in [7, 11) is 3.11. The van der Waals surface area contributed by atoms with Crippen LogP contribution in [0.4, 0.5) is 0 Å². The van der Waals surface area contributed by atoms with Gasteiger partial charge in [-0.3, -0.25) is 9.59 Å². The quantitative estimate of drug-likeness (QED) is 0.848. The molecule has 1 heterocycles. The fraction of sp³-hybridized carbons (Fsp3) is 0.250. The van der Waals surface area contributed by atoms with Crippen molar-refractivity contribution >= 4 is 17.5 Å². The summed E-state index contributed by atoms with van der Waals surface area (Å²) in [5.41, 5.74) is 0.607. The van der Waals surface area contributed by atoms with Crippen molar-refractivity contribution in [3.8, 4) is 5.75 Å². The third-order valence-corrected chi connectivity index (χ3v) is 3.48. The highest BCUT2D eigenvalue weighted by atomic mass is 35.5. The van der Waals surface area contributed by atoms with Gasteiger partial charge in [0, 0.05) is 24.8 Å². The SMILES string of the molecule is COc1cccn(CC(=O)N(C)Cc2cccc(Cl)c2)c1=O. The van der Waals surface area contributed by atoms with Crippen LogP contribution in [0.1, 0.15) is 5.56 Å². The van der Waals surface area contributed by atoms with E-state index in [9.17, 15) is 9.59 Å². The van der Waals surface area contributed by atoms with Crippen LogP contribution in [0.2, 0.25) is 5.02 Å². The van der Waals surface area contributed by atoms with E-state index in [1.807, 2.05) is 18.2 Å². The fourth-order valence-electron chi connectivity index (χ4n) is 2.06. The summed E-state index contributed by atoms with van der Waals surface area (Å²) in [4.78, 5) is 25.8. The molecule has 0 N–H and O–H groups in total. The number of carbonyl (C=O) groups is 1. The monoisotopic (exact) mass is 320 g/mol. The number of likely N-dealkylation sites (N-methyl/N-ethyl adjacent to an activating group) is 1. The van der Waals surface area contributed by atoms with Crippen LogP contribution in [-0.4, -0.2) is 29.5 Å². The largest absolute Gasteiger partial charge is 0.491 e. The Hall–Kier alpha value is -2.27. The minimum absolute atomic E-state index is 0.0346. The molecule has 0 aliphatic carbocycles. The number of aromatic nitrogens is 1. The summed E-state index contributed by atoms with van der Waals surface area (Å²) in [5.74, 6) is 0.0446. The molecule has 22 heavy (non-hydrogen) atoms. The highest BCUT2D eigenvalue weighted by Crippen LogP contribution is 2.12. The zero-order chi connectivity index (χ0) is 16.1. The van der Waals surface area contributed by atoms with Crippen LogP contribution >= 0.6 is 11.6 Å². The van der Waals surface area contributed by atoms with Crippen LogP contribution in [0.25, 0.3) is 0 Å². The highest BCUT2D eigenvalue weighted by molar-refractivity contribution is 6.30. The maximum Gasteiger partial charge on any atom is 0.293 e. The Morgan fingerprint density at radius 3 is 2.77 bits per heavy atom. The first-order chi connectivity index (χ1) is 10.5. The molecule has 116 valence electrons. The maximum atomic E-state index is 12.2. The predicted molar refractivity (Wildman–Crippen MR) is 85.2 cm³/mol. The Morgan fingerprint density at radius 2 is 2.09 bits per heavy atom. The van der Waals surface area contributed by atoms with Gasteiger partial charge in [0.15, 0.2) is 5.75 Å². The third-order valence-electron chi connectivity index (χ3n) is 3.25. The molecule has 0 saturated heterocycles. The summed E-state index contributed by atoms with van der Waals surface area (Å²) in [6, 6.07) is 10.6. The molecule has 6 heteroatoms. The Morgan fingerprint density at radius 1 is 1.32 bits per heavy atom. The van der Waals surface area contributed by atoms with Crippen LogP contribution in [0.5, 0.6) is 5.75 Å². The van der Waals surface area contributed by atoms with Gasteiger partial charge in [-0.25, -0.2) is 0 Å². The lowest BCUT2D eigenvalue weighted by Gasteiger charge is -2.18. The molecule has 0 spiro atoms. The predicted octanol–water partition coefficient (Wildman–Crippen LogP) is 2.17. The van der Waals surface area contributed by atoms with Crippen LogP contribution in [-0.2, 0) is 17.9 Å². The van der Waals surface area contributed by atoms with Crippen molar-refractivity contribution in [1.82, 2.24) is 9.47 Å². The number of pyridine rings is 1. The molecule has 2 rings (SSSR count). The van der Waals surface area contributed by atoms with E-state index in [1.165, 1.54) is 11.7 Å². The van der Waals surface area contributed by atoms with Crippen molar-refractivity contribution in [2.75, 3.05) is 14.2 Å². The van der Waals surface area contributed by atoms with Gasteiger partial charge in [0.1, 0.15) is 6.54 Å². The average molecular weight is 321 g/mol. The van der Waals surface area contributed by atoms with Crippen LogP contribution in [0.3, 0.4) is 0 Å². The number of ether oxygens (including phenoxy) is 1. The average Bonchev–Trinajstić information content (AvgIpc) is 2.49. The summed E-state index contributed by atoms with van der Waals surface area (Å²) in [5, 5.41) is 0.627. The van der Waals surface area contributed by atoms with Crippen LogP contribution in [0.15, 0.2) is 47.4 Å². The van der Waals surface area contributed by atoms with Gasteiger partial charge in [0.05, 0.1) is 7.11 Å². The summed E-state index contributed by atoms with van der Waals surface area (Å²) in [6.45, 7) is 0.394. The van der Waals surface area contributed by atoms with Crippen LogP contribution < -0.4 is 10.3 Å². The van der Waals surface area contributed by atoms with Crippen molar-refractivity contribution in [2.45, 2.75) is 13.1 Å². The molecule has 5 nitrogen and oxygen atoms in total. The molecule has 1 aromatic heterocycles. The van der Waals surface area contributed by atoms with Crippen molar-refractivity contribution in [2.24, 2.45) is 0 Å². The zero-order valence-electron chi connectivity index (χ0n) is 12.5. The number of carbonyl (C=O) groups excluding carboxylic acids is 1. The van der Waals surface area contributed by atoms with Gasteiger partial charge in [-0.15, -0.1) is 0 Å². The molecule has 0 bridgehead atoms. The lowest BCUT2D eigenvalue weighted by atomic mass is 10.2. The Bertz CT molecular complexity index is 727. The van der Waals surface area contributed by atoms with Crippen molar-refractivity contribution in [3.05, 3.63) is 63.5 Å². The Balaban J connectivity index is 2.07. The van der Waals surface area contributed by atoms with E-state index in [-0.39, 0.29) is 23.8 Å².